The first kappa shape index (κ1) is 40.6. The maximum atomic E-state index is 14.8. The molecule has 1 N–H and O–H groups in total. The Kier molecular flexibility index (Phi) is 13.1. The Morgan fingerprint density at radius 2 is 2.02 bits per heavy atom. The molecule has 2 aliphatic heterocycles. The number of methoxy groups -OCH3 is 1. The lowest BCUT2D eigenvalue weighted by Gasteiger charge is -2.39. The third-order valence-corrected chi connectivity index (χ3v) is 14.7. The maximum absolute atomic E-state index is 14.8. The van der Waals surface area contributed by atoms with E-state index in [0.717, 1.165) is 36.4 Å². The number of allylic oxidation sites excluding steroid dienone is 1. The molecule has 2 aromatic rings. The third kappa shape index (κ3) is 8.99. The van der Waals surface area contributed by atoms with E-state index in [1.165, 1.54) is 17.5 Å². The van der Waals surface area contributed by atoms with Crippen LogP contribution >= 0.6 is 11.6 Å². The predicted octanol–water partition coefficient (Wildman–Crippen LogP) is 7.26. The minimum absolute atomic E-state index is 0.00944. The summed E-state index contributed by atoms with van der Waals surface area (Å²) in [5.74, 6) is -0.0209. The van der Waals surface area contributed by atoms with Crippen LogP contribution in [0.25, 0.3) is 0 Å². The smallest absolute Gasteiger partial charge is 0.286 e. The molecule has 0 radical (unpaired) electrons. The summed E-state index contributed by atoms with van der Waals surface area (Å²) in [6, 6.07) is 11.2. The van der Waals surface area contributed by atoms with Gasteiger partial charge in [-0.25, -0.2) is 8.60 Å². The largest absolute Gasteiger partial charge is 0.490 e. The van der Waals surface area contributed by atoms with Crippen LogP contribution in [0.2, 0.25) is 5.02 Å². The molecule has 6 rings (SSSR count). The van der Waals surface area contributed by atoms with Gasteiger partial charge in [-0.3, -0.25) is 14.3 Å². The van der Waals surface area contributed by atoms with Crippen molar-refractivity contribution in [3.05, 3.63) is 70.3 Å². The van der Waals surface area contributed by atoms with Crippen molar-refractivity contribution in [3.8, 4) is 5.75 Å². The van der Waals surface area contributed by atoms with Crippen molar-refractivity contribution in [1.82, 2.24) is 4.72 Å². The third-order valence-electron chi connectivity index (χ3n) is 12.1. The average molecular weight is 788 g/mol. The average Bonchev–Trinajstić information content (AvgIpc) is 3.28. The van der Waals surface area contributed by atoms with Crippen LogP contribution in [0, 0.1) is 17.8 Å². The number of ether oxygens (including phenoxy) is 4. The molecular formula is C41H55ClFN3O7S. The molecule has 2 amide bonds. The second-order valence-corrected chi connectivity index (χ2v) is 18.5. The van der Waals surface area contributed by atoms with E-state index in [9.17, 15) is 18.2 Å². The zero-order valence-corrected chi connectivity index (χ0v) is 33.6. The molecular weight excluding hydrogens is 733 g/mol. The molecule has 1 saturated heterocycles. The molecule has 2 heterocycles. The van der Waals surface area contributed by atoms with Crippen LogP contribution in [0.3, 0.4) is 0 Å². The van der Waals surface area contributed by atoms with Crippen LogP contribution in [-0.4, -0.2) is 86.8 Å². The van der Waals surface area contributed by atoms with Gasteiger partial charge in [-0.05, 0) is 111 Å². The van der Waals surface area contributed by atoms with Crippen molar-refractivity contribution in [3.63, 3.8) is 0 Å². The van der Waals surface area contributed by atoms with Gasteiger partial charge in [0.2, 0.25) is 0 Å². The van der Waals surface area contributed by atoms with Crippen molar-refractivity contribution in [2.45, 2.75) is 94.8 Å². The first-order chi connectivity index (χ1) is 25.8. The number of carbonyl (C=O) groups excluding carboxylic acids is 2. The summed E-state index contributed by atoms with van der Waals surface area (Å²) in [6.07, 6.45) is 7.93. The summed E-state index contributed by atoms with van der Waals surface area (Å²) in [4.78, 5) is 29.3. The number of hydrogen-bond acceptors (Lipinski definition) is 8. The zero-order chi connectivity index (χ0) is 38.6. The van der Waals surface area contributed by atoms with E-state index < -0.39 is 45.9 Å². The summed E-state index contributed by atoms with van der Waals surface area (Å²) in [5, 5.41) is -0.0161. The van der Waals surface area contributed by atoms with Gasteiger partial charge in [0.1, 0.15) is 28.4 Å². The van der Waals surface area contributed by atoms with Gasteiger partial charge in [-0.15, -0.1) is 4.36 Å². The molecule has 1 saturated carbocycles. The van der Waals surface area contributed by atoms with Crippen LogP contribution in [-0.2, 0) is 40.8 Å². The van der Waals surface area contributed by atoms with Crippen molar-refractivity contribution < 1.29 is 37.1 Å². The fraction of sp³-hybridized carbons (Fsp3) is 0.610. The van der Waals surface area contributed by atoms with Crippen molar-refractivity contribution >= 4 is 39.0 Å². The molecule has 54 heavy (non-hydrogen) atoms. The molecule has 0 aromatic heterocycles. The van der Waals surface area contributed by atoms with Gasteiger partial charge in [0, 0.05) is 43.3 Å². The number of nitrogens with zero attached hydrogens (tertiary/aromatic N) is 2. The van der Waals surface area contributed by atoms with Gasteiger partial charge < -0.3 is 23.8 Å². The highest BCUT2D eigenvalue weighted by Crippen LogP contribution is 2.44. The number of rotatable bonds is 12. The summed E-state index contributed by atoms with van der Waals surface area (Å²) in [7, 11) is -0.0110. The van der Waals surface area contributed by atoms with Crippen LogP contribution in [0.1, 0.15) is 80.8 Å². The number of fused-ring (bicyclic) bond motifs is 3. The van der Waals surface area contributed by atoms with E-state index in [4.69, 9.17) is 30.5 Å². The number of anilines is 1. The number of benzene rings is 2. The van der Waals surface area contributed by atoms with Gasteiger partial charge in [0.25, 0.3) is 11.8 Å². The Bertz CT molecular complexity index is 1840. The van der Waals surface area contributed by atoms with Crippen LogP contribution in [0.5, 0.6) is 5.75 Å². The molecule has 9 unspecified atom stereocenters. The molecule has 2 aliphatic carbocycles. The maximum Gasteiger partial charge on any atom is 0.286 e. The van der Waals surface area contributed by atoms with Gasteiger partial charge in [0.05, 0.1) is 36.4 Å². The van der Waals surface area contributed by atoms with E-state index >= 15 is 0 Å². The molecule has 9 atom stereocenters. The molecule has 0 bridgehead atoms. The van der Waals surface area contributed by atoms with E-state index in [1.54, 1.807) is 32.2 Å². The minimum atomic E-state index is -3.70. The van der Waals surface area contributed by atoms with E-state index in [-0.39, 0.29) is 29.6 Å². The lowest BCUT2D eigenvalue weighted by atomic mass is 9.70. The van der Waals surface area contributed by atoms with Crippen LogP contribution in [0.15, 0.2) is 52.9 Å². The highest BCUT2D eigenvalue weighted by atomic mass is 35.5. The summed E-state index contributed by atoms with van der Waals surface area (Å²) >= 11 is 6.35. The van der Waals surface area contributed by atoms with Crippen molar-refractivity contribution in [1.29, 1.82) is 0 Å². The fourth-order valence-electron chi connectivity index (χ4n) is 8.36. The summed E-state index contributed by atoms with van der Waals surface area (Å²) in [6.45, 7) is 6.70. The molecule has 296 valence electrons. The minimum Gasteiger partial charge on any atom is -0.490 e. The molecule has 1 spiro atoms. The van der Waals surface area contributed by atoms with E-state index in [1.807, 2.05) is 32.2 Å². The number of amides is 2. The topological polar surface area (TPSA) is 116 Å². The quantitative estimate of drug-likeness (QED) is 0.224. The Labute approximate surface area is 324 Å². The Morgan fingerprint density at radius 1 is 1.20 bits per heavy atom. The summed E-state index contributed by atoms with van der Waals surface area (Å²) < 4.78 is 58.9. The number of nitrogens with one attached hydrogen (secondary N) is 1. The first-order valence-corrected chi connectivity index (χ1v) is 21.2. The van der Waals surface area contributed by atoms with E-state index in [0.29, 0.717) is 50.2 Å². The Balaban J connectivity index is 1.23. The molecule has 4 aliphatic rings. The van der Waals surface area contributed by atoms with Gasteiger partial charge in [-0.2, -0.15) is 0 Å². The number of hydrogen-bond donors (Lipinski definition) is 1. The van der Waals surface area contributed by atoms with E-state index in [2.05, 4.69) is 33.1 Å². The van der Waals surface area contributed by atoms with Crippen LogP contribution < -0.4 is 14.4 Å². The van der Waals surface area contributed by atoms with Crippen LogP contribution in [0.4, 0.5) is 10.1 Å². The number of alkyl halides is 1. The van der Waals surface area contributed by atoms with Crippen molar-refractivity contribution in [2.75, 3.05) is 52.0 Å². The molecule has 2 aromatic carbocycles. The number of aryl methyl sites for hydroxylation is 1. The highest BCUT2D eigenvalue weighted by Gasteiger charge is 2.41. The Morgan fingerprint density at radius 3 is 2.74 bits per heavy atom. The SMILES string of the molecule is COC(/C=C/CC(C)C(C)S(=O)(=NC(=O)c1ccc2c(c1)N(C)CC1(CCCc3cc(Cl)ccc31)CO2)NC(=O)COC1CCOCC1F)C1CCC1C. The molecule has 13 heteroatoms. The van der Waals surface area contributed by atoms with Gasteiger partial charge in [-0.1, -0.05) is 43.7 Å². The zero-order valence-electron chi connectivity index (χ0n) is 32.1. The monoisotopic (exact) mass is 787 g/mol. The first-order valence-electron chi connectivity index (χ1n) is 19.2. The second kappa shape index (κ2) is 17.4. The predicted molar refractivity (Wildman–Crippen MR) is 209 cm³/mol. The Hall–Kier alpha value is -3.03. The fourth-order valence-corrected chi connectivity index (χ4v) is 10.4. The lowest BCUT2D eigenvalue weighted by molar-refractivity contribution is -0.132. The highest BCUT2D eigenvalue weighted by molar-refractivity contribution is 7.93. The molecule has 2 fully saturated rings. The lowest BCUT2D eigenvalue weighted by Crippen LogP contribution is -2.44. The normalized spacial score (nSPS) is 28.0. The number of halogens is 2. The second-order valence-electron chi connectivity index (χ2n) is 15.7. The molecule has 10 nitrogen and oxygen atoms in total. The standard InChI is InChI=1S/C41H55ClFN3O7S/c1-26(8-6-10-36(50-5)32-14-11-27(32)2)28(3)54(49,44-39(47)23-52-37-17-19-51-22-34(37)43)45-40(48)30-12-16-38-35(21-30)46(4)24-41(25-53-38)18-7-9-29-20-31(42)13-15-33(29)41/h6,10,12-13,15-16,20-21,26-28,32,34,36-37H,7-9,11,14,17-19,22-25H2,1-5H3,(H,44,45,47,48,49)/b10-6+. The number of likely N-dealkylation sites (N-methyl/N-ethyl adjacent to an activating group) is 1. The number of carbonyl (C=O) groups is 2. The van der Waals surface area contributed by atoms with Crippen molar-refractivity contribution in [2.24, 2.45) is 22.1 Å². The van der Waals surface area contributed by atoms with Gasteiger partial charge in [0.15, 0.2) is 0 Å². The van der Waals surface area contributed by atoms with Gasteiger partial charge >= 0.3 is 0 Å². The summed E-state index contributed by atoms with van der Waals surface area (Å²) in [5.41, 5.74) is 3.14.